The fourth-order valence-corrected chi connectivity index (χ4v) is 0.459. The van der Waals surface area contributed by atoms with Crippen molar-refractivity contribution >= 4 is 18.5 Å². The van der Waals surface area contributed by atoms with Gasteiger partial charge in [-0.05, 0) is 13.8 Å². The van der Waals surface area contributed by atoms with Gasteiger partial charge in [-0.1, -0.05) is 5.92 Å². The smallest absolute Gasteiger partial charge is 0.233 e. The maximum Gasteiger partial charge on any atom is 0.233 e. The minimum absolute atomic E-state index is 0.0777. The molecule has 0 aromatic carbocycles. The second-order valence-corrected chi connectivity index (χ2v) is 2.60. The van der Waals surface area contributed by atoms with Gasteiger partial charge in [0.1, 0.15) is 0 Å². The summed E-state index contributed by atoms with van der Waals surface area (Å²) < 4.78 is 0. The molecule has 0 bridgehead atoms. The molecule has 0 aliphatic rings. The predicted molar refractivity (Wildman–Crippen MR) is 44.9 cm³/mol. The van der Waals surface area contributed by atoms with Gasteiger partial charge in [0.25, 0.3) is 0 Å². The maximum atomic E-state index is 10.8. The molecular weight excluding hydrogens is 146 g/mol. The first-order valence-electron chi connectivity index (χ1n) is 3.04. The topological polar surface area (TPSA) is 29.1 Å². The van der Waals surface area contributed by atoms with Crippen molar-refractivity contribution in [3.05, 3.63) is 0 Å². The number of hydrogen-bond acceptors (Lipinski definition) is 2. The Balaban J connectivity index is 3.47. The molecule has 0 rings (SSSR count). The van der Waals surface area contributed by atoms with Crippen LogP contribution in [-0.2, 0) is 4.79 Å². The van der Waals surface area contributed by atoms with Gasteiger partial charge < -0.3 is 5.32 Å². The van der Waals surface area contributed by atoms with Crippen LogP contribution in [0.5, 0.6) is 0 Å². The highest BCUT2D eigenvalue weighted by Crippen LogP contribution is 1.89. The summed E-state index contributed by atoms with van der Waals surface area (Å²) in [7, 11) is 0. The van der Waals surface area contributed by atoms with Gasteiger partial charge in [0, 0.05) is 0 Å². The number of amides is 1. The molecule has 1 N–H and O–H groups in total. The van der Waals surface area contributed by atoms with E-state index in [1.54, 1.807) is 13.8 Å². The Morgan fingerprint density at radius 3 is 2.80 bits per heavy atom. The molecule has 0 saturated carbocycles. The van der Waals surface area contributed by atoms with Crippen molar-refractivity contribution in [3.63, 3.8) is 0 Å². The summed E-state index contributed by atoms with van der Waals surface area (Å²) in [5.41, 5.74) is 0. The number of thiol groups is 1. The van der Waals surface area contributed by atoms with E-state index in [0.29, 0.717) is 6.54 Å². The van der Waals surface area contributed by atoms with E-state index in [4.69, 9.17) is 0 Å². The van der Waals surface area contributed by atoms with Crippen LogP contribution in [0.2, 0.25) is 0 Å². The van der Waals surface area contributed by atoms with Crippen LogP contribution in [0.4, 0.5) is 0 Å². The first-order chi connectivity index (χ1) is 4.68. The number of hydrogen-bond donors (Lipinski definition) is 2. The van der Waals surface area contributed by atoms with Crippen LogP contribution >= 0.6 is 12.6 Å². The highest BCUT2D eigenvalue weighted by Gasteiger charge is 2.03. The molecule has 10 heavy (non-hydrogen) atoms. The van der Waals surface area contributed by atoms with Crippen molar-refractivity contribution in [2.45, 2.75) is 19.1 Å². The average Bonchev–Trinajstić information content (AvgIpc) is 1.88. The molecule has 0 saturated heterocycles. The molecule has 0 fully saturated rings. The van der Waals surface area contributed by atoms with Crippen molar-refractivity contribution in [2.75, 3.05) is 6.54 Å². The second-order valence-electron chi connectivity index (χ2n) is 1.82. The molecule has 0 aromatic rings. The monoisotopic (exact) mass is 157 g/mol. The lowest BCUT2D eigenvalue weighted by Crippen LogP contribution is -2.29. The van der Waals surface area contributed by atoms with Crippen LogP contribution in [-0.4, -0.2) is 17.7 Å². The third-order valence-electron chi connectivity index (χ3n) is 0.907. The molecule has 0 radical (unpaired) electrons. The van der Waals surface area contributed by atoms with Crippen molar-refractivity contribution in [3.8, 4) is 11.8 Å². The number of carbonyl (C=O) groups is 1. The summed E-state index contributed by atoms with van der Waals surface area (Å²) in [6, 6.07) is 0. The van der Waals surface area contributed by atoms with Crippen molar-refractivity contribution in [2.24, 2.45) is 0 Å². The Hall–Kier alpha value is -0.620. The van der Waals surface area contributed by atoms with Crippen molar-refractivity contribution in [1.82, 2.24) is 5.32 Å². The van der Waals surface area contributed by atoms with E-state index in [0.717, 1.165) is 0 Å². The SMILES string of the molecule is CC#CCNC(=O)C(C)S. The molecule has 0 aromatic heterocycles. The zero-order valence-corrected chi connectivity index (χ0v) is 7.03. The molecule has 1 atom stereocenters. The lowest BCUT2D eigenvalue weighted by atomic mass is 10.4. The molecule has 0 aliphatic carbocycles. The maximum absolute atomic E-state index is 10.8. The third kappa shape index (κ3) is 4.28. The third-order valence-corrected chi connectivity index (χ3v) is 1.14. The zero-order valence-electron chi connectivity index (χ0n) is 6.14. The van der Waals surface area contributed by atoms with E-state index in [9.17, 15) is 4.79 Å². The van der Waals surface area contributed by atoms with E-state index < -0.39 is 0 Å². The van der Waals surface area contributed by atoms with E-state index >= 15 is 0 Å². The van der Waals surface area contributed by atoms with E-state index in [2.05, 4.69) is 29.8 Å². The van der Waals surface area contributed by atoms with Crippen molar-refractivity contribution in [1.29, 1.82) is 0 Å². The first kappa shape index (κ1) is 9.38. The van der Waals surface area contributed by atoms with Crippen molar-refractivity contribution < 1.29 is 4.79 Å². The molecular formula is C7H11NOS. The largest absolute Gasteiger partial charge is 0.344 e. The summed E-state index contributed by atoms with van der Waals surface area (Å²) in [6.07, 6.45) is 0. The predicted octanol–water partition coefficient (Wildman–Crippen LogP) is 0.444. The molecule has 0 heterocycles. The Morgan fingerprint density at radius 2 is 2.40 bits per heavy atom. The molecule has 56 valence electrons. The van der Waals surface area contributed by atoms with Crippen LogP contribution in [0.25, 0.3) is 0 Å². The molecule has 1 unspecified atom stereocenters. The fraction of sp³-hybridized carbons (Fsp3) is 0.571. The second kappa shape index (κ2) is 5.19. The normalized spacial score (nSPS) is 11.1. The van der Waals surface area contributed by atoms with Gasteiger partial charge in [-0.25, -0.2) is 0 Å². The Kier molecular flexibility index (Phi) is 4.87. The summed E-state index contributed by atoms with van der Waals surface area (Å²) in [4.78, 5) is 10.8. The summed E-state index contributed by atoms with van der Waals surface area (Å²) in [6.45, 7) is 3.87. The minimum Gasteiger partial charge on any atom is -0.344 e. The minimum atomic E-state index is -0.251. The number of carbonyl (C=O) groups excluding carboxylic acids is 1. The Bertz CT molecular complexity index is 166. The number of rotatable bonds is 2. The summed E-state index contributed by atoms with van der Waals surface area (Å²) in [5, 5.41) is 2.34. The highest BCUT2D eigenvalue weighted by atomic mass is 32.1. The van der Waals surface area contributed by atoms with E-state index in [1.165, 1.54) is 0 Å². The van der Waals surface area contributed by atoms with Crippen LogP contribution in [0.1, 0.15) is 13.8 Å². The van der Waals surface area contributed by atoms with Gasteiger partial charge in [-0.2, -0.15) is 12.6 Å². The van der Waals surface area contributed by atoms with Crippen LogP contribution < -0.4 is 5.32 Å². The highest BCUT2D eigenvalue weighted by molar-refractivity contribution is 7.81. The van der Waals surface area contributed by atoms with Crippen LogP contribution in [0.3, 0.4) is 0 Å². The zero-order chi connectivity index (χ0) is 7.98. The van der Waals surface area contributed by atoms with E-state index in [1.807, 2.05) is 0 Å². The Labute approximate surface area is 66.8 Å². The van der Waals surface area contributed by atoms with Crippen LogP contribution in [0.15, 0.2) is 0 Å². The molecule has 3 heteroatoms. The molecule has 1 amide bonds. The van der Waals surface area contributed by atoms with Gasteiger partial charge in [-0.15, -0.1) is 5.92 Å². The van der Waals surface area contributed by atoms with Gasteiger partial charge in [0.05, 0.1) is 11.8 Å². The summed E-state index contributed by atoms with van der Waals surface area (Å²) >= 11 is 3.93. The Morgan fingerprint density at radius 1 is 1.80 bits per heavy atom. The lowest BCUT2D eigenvalue weighted by molar-refractivity contribution is -0.120. The van der Waals surface area contributed by atoms with E-state index in [-0.39, 0.29) is 11.2 Å². The summed E-state index contributed by atoms with van der Waals surface area (Å²) in [5.74, 6) is 5.31. The first-order valence-corrected chi connectivity index (χ1v) is 3.55. The molecule has 0 aliphatic heterocycles. The van der Waals surface area contributed by atoms with Gasteiger partial charge in [0.15, 0.2) is 0 Å². The standard InChI is InChI=1S/C7H11NOS/c1-3-4-5-8-7(9)6(2)10/h6,10H,5H2,1-2H3,(H,8,9). The van der Waals surface area contributed by atoms with Gasteiger partial charge in [-0.3, -0.25) is 4.79 Å². The quantitative estimate of drug-likeness (QED) is 0.442. The molecule has 2 nitrogen and oxygen atoms in total. The average molecular weight is 157 g/mol. The number of nitrogens with one attached hydrogen (secondary N) is 1. The lowest BCUT2D eigenvalue weighted by Gasteiger charge is -2.01. The fourth-order valence-electron chi connectivity index (χ4n) is 0.367. The molecule has 0 spiro atoms. The van der Waals surface area contributed by atoms with Crippen LogP contribution in [0, 0.1) is 11.8 Å². The van der Waals surface area contributed by atoms with Gasteiger partial charge >= 0.3 is 0 Å². The van der Waals surface area contributed by atoms with Gasteiger partial charge in [0.2, 0.25) is 5.91 Å².